The summed E-state index contributed by atoms with van der Waals surface area (Å²) in [5, 5.41) is -0.202. The van der Waals surface area contributed by atoms with E-state index in [0.29, 0.717) is 17.4 Å². The normalized spacial score (nSPS) is 12.3. The summed E-state index contributed by atoms with van der Waals surface area (Å²) >= 11 is 5.98. The molecule has 1 heterocycles. The number of methoxy groups -OCH3 is 1. The number of ether oxygens (including phenoxy) is 1. The van der Waals surface area contributed by atoms with Crippen LogP contribution in [0.1, 0.15) is 21.6 Å². The highest BCUT2D eigenvalue weighted by Crippen LogP contribution is 2.32. The van der Waals surface area contributed by atoms with Crippen molar-refractivity contribution in [3.8, 4) is 0 Å². The molecule has 0 amide bonds. The van der Waals surface area contributed by atoms with Gasteiger partial charge in [-0.3, -0.25) is 20.3 Å². The number of esters is 1. The van der Waals surface area contributed by atoms with E-state index in [-0.39, 0.29) is 16.3 Å². The first-order valence-corrected chi connectivity index (χ1v) is 8.08. The Morgan fingerprint density at radius 1 is 1.25 bits per heavy atom. The van der Waals surface area contributed by atoms with Gasteiger partial charge < -0.3 is 4.74 Å². The Kier molecular flexibility index (Phi) is 7.13. The molecule has 2 aromatic rings. The van der Waals surface area contributed by atoms with Crippen LogP contribution in [0.3, 0.4) is 0 Å². The molecule has 6 nitrogen and oxygen atoms in total. The van der Waals surface area contributed by atoms with Crippen molar-refractivity contribution < 1.29 is 27.5 Å². The van der Waals surface area contributed by atoms with E-state index in [2.05, 4.69) is 20.2 Å². The third-order valence-electron chi connectivity index (χ3n) is 3.42. The molecular formula is C18H15ClF3N3O3. The van der Waals surface area contributed by atoms with Crippen molar-refractivity contribution in [2.75, 3.05) is 14.2 Å². The van der Waals surface area contributed by atoms with Crippen molar-refractivity contribution in [3.05, 3.63) is 64.6 Å². The summed E-state index contributed by atoms with van der Waals surface area (Å²) in [5.74, 6) is -0.485. The highest BCUT2D eigenvalue weighted by Gasteiger charge is 2.31. The van der Waals surface area contributed by atoms with Crippen LogP contribution in [0, 0.1) is 0 Å². The first kappa shape index (κ1) is 21.4. The smallest absolute Gasteiger partial charge is 0.417 e. The number of rotatable bonds is 6. The van der Waals surface area contributed by atoms with Crippen LogP contribution < -0.4 is 5.48 Å². The Morgan fingerprint density at radius 2 is 1.93 bits per heavy atom. The van der Waals surface area contributed by atoms with Crippen molar-refractivity contribution in [1.82, 2.24) is 10.5 Å². The van der Waals surface area contributed by atoms with E-state index in [1.807, 2.05) is 0 Å². The Bertz CT molecular complexity index is 897. The number of hydrogen-bond acceptors (Lipinski definition) is 6. The largest absolute Gasteiger partial charge is 0.465 e. The number of allylic oxidation sites excluding steroid dienone is 1. The SMILES string of the molecule is CON/C=C(\C=Nc1ccc(C(=O)OC)cc1)c1ncc(C(F)(F)F)cc1Cl. The maximum atomic E-state index is 12.8. The molecule has 0 bridgehead atoms. The lowest BCUT2D eigenvalue weighted by Crippen LogP contribution is -2.08. The van der Waals surface area contributed by atoms with Gasteiger partial charge in [-0.1, -0.05) is 11.6 Å². The Balaban J connectivity index is 2.32. The zero-order chi connectivity index (χ0) is 20.7. The molecule has 0 unspecified atom stereocenters. The van der Waals surface area contributed by atoms with E-state index in [1.54, 1.807) is 12.1 Å². The van der Waals surface area contributed by atoms with Crippen LogP contribution in [-0.2, 0) is 15.8 Å². The number of alkyl halides is 3. The summed E-state index contributed by atoms with van der Waals surface area (Å²) < 4.78 is 43.0. The molecule has 28 heavy (non-hydrogen) atoms. The standard InChI is InChI=1S/C18H15ClF3N3O3/c1-27-17(26)11-3-5-14(6-4-11)23-8-12(9-25-28-2)16-15(19)7-13(10-24-16)18(20,21)22/h3-10,25H,1-2H3/b12-9+,23-8?. The minimum absolute atomic E-state index is 0.0779. The molecule has 0 saturated carbocycles. The predicted octanol–water partition coefficient (Wildman–Crippen LogP) is 4.43. The van der Waals surface area contributed by atoms with Gasteiger partial charge in [0.25, 0.3) is 0 Å². The van der Waals surface area contributed by atoms with Gasteiger partial charge in [-0.05, 0) is 30.3 Å². The lowest BCUT2D eigenvalue weighted by molar-refractivity contribution is -0.137. The first-order valence-electron chi connectivity index (χ1n) is 7.70. The maximum absolute atomic E-state index is 12.8. The second kappa shape index (κ2) is 9.34. The van der Waals surface area contributed by atoms with Gasteiger partial charge in [-0.25, -0.2) is 4.79 Å². The van der Waals surface area contributed by atoms with E-state index in [0.717, 1.165) is 6.07 Å². The number of nitrogens with zero attached hydrogens (tertiary/aromatic N) is 2. The molecule has 0 atom stereocenters. The fourth-order valence-corrected chi connectivity index (χ4v) is 2.32. The van der Waals surface area contributed by atoms with E-state index >= 15 is 0 Å². The van der Waals surface area contributed by atoms with Crippen LogP contribution in [-0.4, -0.2) is 31.4 Å². The number of halogens is 4. The van der Waals surface area contributed by atoms with Gasteiger partial charge in [-0.2, -0.15) is 13.2 Å². The quantitative estimate of drug-likeness (QED) is 0.431. The van der Waals surface area contributed by atoms with E-state index < -0.39 is 17.7 Å². The molecule has 10 heteroatoms. The van der Waals surface area contributed by atoms with Crippen LogP contribution in [0.5, 0.6) is 0 Å². The molecular weight excluding hydrogens is 399 g/mol. The van der Waals surface area contributed by atoms with E-state index in [4.69, 9.17) is 16.4 Å². The number of hydroxylamine groups is 1. The van der Waals surface area contributed by atoms with E-state index in [1.165, 1.54) is 38.8 Å². The Morgan fingerprint density at radius 3 is 2.46 bits per heavy atom. The van der Waals surface area contributed by atoms with Crippen molar-refractivity contribution >= 4 is 35.0 Å². The number of aromatic nitrogens is 1. The van der Waals surface area contributed by atoms with Gasteiger partial charge in [0.15, 0.2) is 0 Å². The van der Waals surface area contributed by atoms with Crippen LogP contribution in [0.15, 0.2) is 47.7 Å². The molecule has 0 saturated heterocycles. The number of aliphatic imine (C=N–C) groups is 1. The van der Waals surface area contributed by atoms with Gasteiger partial charge in [0, 0.05) is 24.2 Å². The molecule has 0 aliphatic rings. The summed E-state index contributed by atoms with van der Waals surface area (Å²) in [6.07, 6.45) is -1.19. The van der Waals surface area contributed by atoms with E-state index in [9.17, 15) is 18.0 Å². The fourth-order valence-electron chi connectivity index (χ4n) is 2.04. The van der Waals surface area contributed by atoms with Crippen molar-refractivity contribution in [2.45, 2.75) is 6.18 Å². The van der Waals surface area contributed by atoms with Gasteiger partial charge in [-0.15, -0.1) is 0 Å². The number of carbonyl (C=O) groups excluding carboxylic acids is 1. The van der Waals surface area contributed by atoms with Crippen LogP contribution in [0.2, 0.25) is 5.02 Å². The molecule has 0 aliphatic heterocycles. The average Bonchev–Trinajstić information content (AvgIpc) is 2.67. The minimum Gasteiger partial charge on any atom is -0.465 e. The molecule has 0 radical (unpaired) electrons. The Labute approximate surface area is 163 Å². The molecule has 148 valence electrons. The molecule has 0 spiro atoms. The molecule has 0 fully saturated rings. The summed E-state index contributed by atoms with van der Waals surface area (Å²) in [6.45, 7) is 0. The number of carbonyl (C=O) groups is 1. The average molecular weight is 414 g/mol. The van der Waals surface area contributed by atoms with Gasteiger partial charge in [0.1, 0.15) is 0 Å². The van der Waals surface area contributed by atoms with Crippen molar-refractivity contribution in [1.29, 1.82) is 0 Å². The fraction of sp³-hybridized carbons (Fsp3) is 0.167. The highest BCUT2D eigenvalue weighted by atomic mass is 35.5. The second-order valence-corrected chi connectivity index (χ2v) is 5.68. The lowest BCUT2D eigenvalue weighted by atomic mass is 10.1. The van der Waals surface area contributed by atoms with Gasteiger partial charge in [0.2, 0.25) is 0 Å². The lowest BCUT2D eigenvalue weighted by Gasteiger charge is -2.10. The first-order chi connectivity index (χ1) is 13.3. The van der Waals surface area contributed by atoms with Crippen LogP contribution in [0.4, 0.5) is 18.9 Å². The molecule has 2 rings (SSSR count). The topological polar surface area (TPSA) is 72.8 Å². The highest BCUT2D eigenvalue weighted by molar-refractivity contribution is 6.33. The summed E-state index contributed by atoms with van der Waals surface area (Å²) in [4.78, 5) is 24.2. The number of hydrogen-bond donors (Lipinski definition) is 1. The van der Waals surface area contributed by atoms with Gasteiger partial charge in [0.05, 0.1) is 41.8 Å². The third kappa shape index (κ3) is 5.54. The number of nitrogens with one attached hydrogen (secondary N) is 1. The van der Waals surface area contributed by atoms with Gasteiger partial charge >= 0.3 is 12.1 Å². The summed E-state index contributed by atoms with van der Waals surface area (Å²) in [7, 11) is 2.63. The maximum Gasteiger partial charge on any atom is 0.417 e. The summed E-state index contributed by atoms with van der Waals surface area (Å²) in [6, 6.07) is 6.98. The molecule has 1 aromatic carbocycles. The second-order valence-electron chi connectivity index (χ2n) is 5.27. The van der Waals surface area contributed by atoms with Crippen LogP contribution >= 0.6 is 11.6 Å². The molecule has 1 N–H and O–H groups in total. The molecule has 1 aromatic heterocycles. The monoisotopic (exact) mass is 413 g/mol. The molecule has 0 aliphatic carbocycles. The zero-order valence-electron chi connectivity index (χ0n) is 14.7. The Hall–Kier alpha value is -2.91. The summed E-state index contributed by atoms with van der Waals surface area (Å²) in [5.41, 5.74) is 2.68. The predicted molar refractivity (Wildman–Crippen MR) is 98.3 cm³/mol. The van der Waals surface area contributed by atoms with Crippen molar-refractivity contribution in [2.24, 2.45) is 4.99 Å². The number of benzene rings is 1. The number of pyridine rings is 1. The third-order valence-corrected chi connectivity index (χ3v) is 3.70. The minimum atomic E-state index is -4.56. The van der Waals surface area contributed by atoms with Crippen LogP contribution in [0.25, 0.3) is 5.57 Å². The zero-order valence-corrected chi connectivity index (χ0v) is 15.5. The van der Waals surface area contributed by atoms with Crippen molar-refractivity contribution in [3.63, 3.8) is 0 Å².